The molecule has 0 N–H and O–H groups in total. The number of hydrogen-bond donors (Lipinski definition) is 0. The van der Waals surface area contributed by atoms with Crippen LogP contribution in [-0.4, -0.2) is 15.9 Å². The predicted octanol–water partition coefficient (Wildman–Crippen LogP) is 4.67. The number of fused-ring (bicyclic) bond motifs is 1. The van der Waals surface area contributed by atoms with Crippen LogP contribution in [0, 0.1) is 0 Å². The fourth-order valence-corrected chi connectivity index (χ4v) is 2.50. The van der Waals surface area contributed by atoms with E-state index in [1.165, 1.54) is 0 Å². The van der Waals surface area contributed by atoms with Crippen molar-refractivity contribution in [3.63, 3.8) is 0 Å². The maximum absolute atomic E-state index is 12.2. The second kappa shape index (κ2) is 7.23. The lowest BCUT2D eigenvalue weighted by Crippen LogP contribution is -2.09. The Morgan fingerprint density at radius 1 is 1.25 bits per heavy atom. The summed E-state index contributed by atoms with van der Waals surface area (Å²) in [5.41, 5.74) is 2.40. The van der Waals surface area contributed by atoms with Gasteiger partial charge in [0.1, 0.15) is 6.61 Å². The van der Waals surface area contributed by atoms with Crippen LogP contribution in [0.3, 0.4) is 0 Å². The quantitative estimate of drug-likeness (QED) is 0.648. The number of nitrogens with zero attached hydrogens (tertiary/aromatic N) is 2. The molecular formula is C19H15ClN2O2. The number of allylic oxidation sites excluding steroid dienone is 1. The first-order chi connectivity index (χ1) is 11.7. The summed E-state index contributed by atoms with van der Waals surface area (Å²) in [4.78, 5) is 20.5. The molecule has 0 amide bonds. The van der Waals surface area contributed by atoms with E-state index < -0.39 is 5.97 Å². The fraction of sp³-hybridized carbons (Fsp3) is 0.105. The molecule has 4 nitrogen and oxygen atoms in total. The molecule has 5 heteroatoms. The molecule has 0 fully saturated rings. The summed E-state index contributed by atoms with van der Waals surface area (Å²) < 4.78 is 5.26. The van der Waals surface area contributed by atoms with Gasteiger partial charge in [-0.05, 0) is 30.2 Å². The number of ether oxygens (including phenoxy) is 1. The average Bonchev–Trinajstić information content (AvgIpc) is 2.61. The lowest BCUT2D eigenvalue weighted by atomic mass is 10.1. The number of esters is 1. The van der Waals surface area contributed by atoms with Gasteiger partial charge in [-0.3, -0.25) is 0 Å². The molecule has 3 aromatic rings. The zero-order chi connectivity index (χ0) is 16.9. The van der Waals surface area contributed by atoms with Gasteiger partial charge >= 0.3 is 5.97 Å². The summed E-state index contributed by atoms with van der Waals surface area (Å²) in [5, 5.41) is 1.39. The highest BCUT2D eigenvalue weighted by molar-refractivity contribution is 6.32. The summed E-state index contributed by atoms with van der Waals surface area (Å²) in [7, 11) is 0. The van der Waals surface area contributed by atoms with Crippen molar-refractivity contribution >= 4 is 34.5 Å². The molecule has 0 aliphatic heterocycles. The van der Waals surface area contributed by atoms with Crippen LogP contribution in [-0.2, 0) is 11.3 Å². The van der Waals surface area contributed by atoms with Crippen molar-refractivity contribution in [2.75, 3.05) is 0 Å². The van der Waals surface area contributed by atoms with Crippen LogP contribution in [0.2, 0.25) is 5.02 Å². The van der Waals surface area contributed by atoms with Crippen LogP contribution in [0.25, 0.3) is 17.0 Å². The van der Waals surface area contributed by atoms with E-state index in [0.29, 0.717) is 10.5 Å². The molecule has 24 heavy (non-hydrogen) atoms. The number of hydrogen-bond acceptors (Lipinski definition) is 4. The van der Waals surface area contributed by atoms with E-state index in [9.17, 15) is 4.79 Å². The van der Waals surface area contributed by atoms with Gasteiger partial charge in [-0.25, -0.2) is 14.8 Å². The van der Waals surface area contributed by atoms with Crippen LogP contribution in [0.5, 0.6) is 0 Å². The first-order valence-corrected chi connectivity index (χ1v) is 7.85. The molecule has 120 valence electrons. The van der Waals surface area contributed by atoms with E-state index in [4.69, 9.17) is 16.3 Å². The van der Waals surface area contributed by atoms with E-state index in [2.05, 4.69) is 9.97 Å². The fourth-order valence-electron chi connectivity index (χ4n) is 2.26. The zero-order valence-electron chi connectivity index (χ0n) is 13.1. The van der Waals surface area contributed by atoms with E-state index in [0.717, 1.165) is 16.5 Å². The molecule has 0 aliphatic rings. The van der Waals surface area contributed by atoms with Gasteiger partial charge in [0.05, 0.1) is 5.52 Å². The van der Waals surface area contributed by atoms with Gasteiger partial charge in [0, 0.05) is 16.6 Å². The minimum atomic E-state index is -0.553. The first-order valence-electron chi connectivity index (χ1n) is 7.47. The van der Waals surface area contributed by atoms with E-state index >= 15 is 0 Å². The van der Waals surface area contributed by atoms with Gasteiger partial charge in [-0.2, -0.15) is 0 Å². The Bertz CT molecular complexity index is 908. The molecular weight excluding hydrogens is 324 g/mol. The Labute approximate surface area is 144 Å². The topological polar surface area (TPSA) is 52.1 Å². The molecule has 0 atom stereocenters. The van der Waals surface area contributed by atoms with E-state index in [1.807, 2.05) is 55.5 Å². The zero-order valence-corrected chi connectivity index (χ0v) is 13.8. The van der Waals surface area contributed by atoms with Crippen molar-refractivity contribution in [2.45, 2.75) is 13.5 Å². The SMILES string of the molecule is C/C=C/c1cc2nc(C(=O)OCc3ccccc3)ncc2cc1Cl. The number of rotatable bonds is 4. The second-order valence-corrected chi connectivity index (χ2v) is 5.60. The van der Waals surface area contributed by atoms with Crippen molar-refractivity contribution in [1.82, 2.24) is 9.97 Å². The van der Waals surface area contributed by atoms with Crippen LogP contribution >= 0.6 is 11.6 Å². The Balaban J connectivity index is 1.84. The lowest BCUT2D eigenvalue weighted by Gasteiger charge is -2.06. The third kappa shape index (κ3) is 3.60. The molecule has 0 aliphatic carbocycles. The van der Waals surface area contributed by atoms with Crippen LogP contribution in [0.1, 0.15) is 28.7 Å². The number of aromatic nitrogens is 2. The normalized spacial score (nSPS) is 11.1. The molecule has 1 aromatic heterocycles. The number of benzene rings is 2. The Morgan fingerprint density at radius 2 is 2.04 bits per heavy atom. The number of carbonyl (C=O) groups excluding carboxylic acids is 1. The highest BCUT2D eigenvalue weighted by atomic mass is 35.5. The van der Waals surface area contributed by atoms with Crippen molar-refractivity contribution in [1.29, 1.82) is 0 Å². The Morgan fingerprint density at radius 3 is 2.79 bits per heavy atom. The Kier molecular flexibility index (Phi) is 4.87. The first kappa shape index (κ1) is 16.1. The molecule has 0 spiro atoms. The van der Waals surface area contributed by atoms with E-state index in [-0.39, 0.29) is 12.4 Å². The molecule has 2 aromatic carbocycles. The highest BCUT2D eigenvalue weighted by Gasteiger charge is 2.13. The smallest absolute Gasteiger partial charge is 0.376 e. The van der Waals surface area contributed by atoms with E-state index in [1.54, 1.807) is 12.3 Å². The summed E-state index contributed by atoms with van der Waals surface area (Å²) in [6, 6.07) is 13.1. The van der Waals surface area contributed by atoms with Gasteiger partial charge in [-0.1, -0.05) is 54.1 Å². The van der Waals surface area contributed by atoms with Crippen LogP contribution in [0.4, 0.5) is 0 Å². The predicted molar refractivity (Wildman–Crippen MR) is 94.8 cm³/mol. The van der Waals surface area contributed by atoms with Gasteiger partial charge < -0.3 is 4.74 Å². The van der Waals surface area contributed by atoms with Crippen molar-refractivity contribution in [3.8, 4) is 0 Å². The molecule has 3 rings (SSSR count). The molecule has 1 heterocycles. The van der Waals surface area contributed by atoms with Crippen molar-refractivity contribution < 1.29 is 9.53 Å². The summed E-state index contributed by atoms with van der Waals surface area (Å²) in [5.74, 6) is -0.518. The van der Waals surface area contributed by atoms with Crippen molar-refractivity contribution in [3.05, 3.63) is 76.7 Å². The third-order valence-electron chi connectivity index (χ3n) is 3.44. The van der Waals surface area contributed by atoms with Gasteiger partial charge in [-0.15, -0.1) is 0 Å². The van der Waals surface area contributed by atoms with Gasteiger partial charge in [0.15, 0.2) is 0 Å². The van der Waals surface area contributed by atoms with Crippen molar-refractivity contribution in [2.24, 2.45) is 0 Å². The summed E-state index contributed by atoms with van der Waals surface area (Å²) >= 11 is 6.20. The van der Waals surface area contributed by atoms with Gasteiger partial charge in [0.2, 0.25) is 5.82 Å². The monoisotopic (exact) mass is 338 g/mol. The highest BCUT2D eigenvalue weighted by Crippen LogP contribution is 2.24. The van der Waals surface area contributed by atoms with Crippen LogP contribution < -0.4 is 0 Å². The van der Waals surface area contributed by atoms with Gasteiger partial charge in [0.25, 0.3) is 0 Å². The van der Waals surface area contributed by atoms with Crippen LogP contribution in [0.15, 0.2) is 54.7 Å². The molecule has 0 saturated carbocycles. The average molecular weight is 339 g/mol. The standard InChI is InChI=1S/C19H15ClN2O2/c1-2-6-14-10-17-15(9-16(14)20)11-21-18(22-17)19(23)24-12-13-7-4-3-5-8-13/h2-11H,12H2,1H3/b6-2+. The summed E-state index contributed by atoms with van der Waals surface area (Å²) in [6.07, 6.45) is 5.35. The maximum Gasteiger partial charge on any atom is 0.376 e. The molecule has 0 radical (unpaired) electrons. The lowest BCUT2D eigenvalue weighted by molar-refractivity contribution is 0.0458. The molecule has 0 saturated heterocycles. The summed E-state index contributed by atoms with van der Waals surface area (Å²) in [6.45, 7) is 2.10. The molecule has 0 unspecified atom stereocenters. The minimum Gasteiger partial charge on any atom is -0.455 e. The minimum absolute atomic E-state index is 0.0344. The second-order valence-electron chi connectivity index (χ2n) is 5.19. The third-order valence-corrected chi connectivity index (χ3v) is 3.77. The maximum atomic E-state index is 12.2. The largest absolute Gasteiger partial charge is 0.455 e. The Hall–Kier alpha value is -2.72. The number of halogens is 1. The number of carbonyl (C=O) groups is 1. The molecule has 0 bridgehead atoms.